The summed E-state index contributed by atoms with van der Waals surface area (Å²) in [5.41, 5.74) is 0.756. The summed E-state index contributed by atoms with van der Waals surface area (Å²) in [6, 6.07) is 7.22. The molecule has 20 heavy (non-hydrogen) atoms. The Labute approximate surface area is 118 Å². The minimum absolute atomic E-state index is 0.0414. The van der Waals surface area contributed by atoms with Gasteiger partial charge in [-0.3, -0.25) is 0 Å². The second-order valence-corrected chi connectivity index (χ2v) is 5.21. The maximum Gasteiger partial charge on any atom is 0.387 e. The molecule has 0 bridgehead atoms. The van der Waals surface area contributed by atoms with E-state index in [0.717, 1.165) is 25.0 Å². The molecule has 3 nitrogen and oxygen atoms in total. The molecule has 5 heteroatoms. The quantitative estimate of drug-likeness (QED) is 0.898. The van der Waals surface area contributed by atoms with Crippen molar-refractivity contribution in [2.24, 2.45) is 0 Å². The second-order valence-electron chi connectivity index (χ2n) is 5.21. The van der Waals surface area contributed by atoms with Crippen LogP contribution in [0.2, 0.25) is 0 Å². The number of hydrogen-bond donors (Lipinski definition) is 1. The number of alkyl halides is 2. The lowest BCUT2D eigenvalue weighted by Gasteiger charge is -2.31. The maximum absolute atomic E-state index is 12.4. The van der Waals surface area contributed by atoms with Gasteiger partial charge in [-0.05, 0) is 32.8 Å². The number of nitrogens with one attached hydrogen (secondary N) is 1. The Morgan fingerprint density at radius 1 is 1.35 bits per heavy atom. The molecule has 1 saturated heterocycles. The van der Waals surface area contributed by atoms with E-state index in [1.54, 1.807) is 12.1 Å². The molecular weight excluding hydrogens is 264 g/mol. The average Bonchev–Trinajstić information content (AvgIpc) is 2.38. The van der Waals surface area contributed by atoms with E-state index in [-0.39, 0.29) is 17.9 Å². The average molecular weight is 285 g/mol. The third-order valence-electron chi connectivity index (χ3n) is 3.57. The Bertz CT molecular complexity index is 428. The predicted octanol–water partition coefficient (Wildman–Crippen LogP) is 3.51. The summed E-state index contributed by atoms with van der Waals surface area (Å²) in [6.07, 6.45) is 2.11. The minimum atomic E-state index is -2.80. The third-order valence-corrected chi connectivity index (χ3v) is 3.57. The van der Waals surface area contributed by atoms with Crippen LogP contribution in [0.25, 0.3) is 0 Å². The van der Waals surface area contributed by atoms with Gasteiger partial charge in [0.1, 0.15) is 5.75 Å². The molecule has 0 amide bonds. The van der Waals surface area contributed by atoms with Crippen molar-refractivity contribution in [3.8, 4) is 5.75 Å². The Morgan fingerprint density at radius 3 is 2.80 bits per heavy atom. The van der Waals surface area contributed by atoms with Crippen molar-refractivity contribution < 1.29 is 18.3 Å². The normalized spacial score (nSPS) is 24.6. The fourth-order valence-electron chi connectivity index (χ4n) is 2.63. The fraction of sp³-hybridized carbons (Fsp3) is 0.600. The molecule has 0 spiro atoms. The number of para-hydroxylation sites is 1. The van der Waals surface area contributed by atoms with Crippen molar-refractivity contribution in [3.05, 3.63) is 29.8 Å². The molecule has 1 N–H and O–H groups in total. The number of hydrogen-bond acceptors (Lipinski definition) is 3. The van der Waals surface area contributed by atoms with Crippen LogP contribution < -0.4 is 10.1 Å². The topological polar surface area (TPSA) is 30.5 Å². The van der Waals surface area contributed by atoms with Gasteiger partial charge in [0.05, 0.1) is 6.10 Å². The van der Waals surface area contributed by atoms with E-state index < -0.39 is 6.61 Å². The molecule has 1 aromatic rings. The lowest BCUT2D eigenvalue weighted by molar-refractivity contribution is -0.0507. The molecule has 1 fully saturated rings. The van der Waals surface area contributed by atoms with Gasteiger partial charge in [0.15, 0.2) is 0 Å². The Morgan fingerprint density at radius 2 is 2.10 bits per heavy atom. The van der Waals surface area contributed by atoms with Crippen LogP contribution in [0.1, 0.15) is 38.3 Å². The monoisotopic (exact) mass is 285 g/mol. The van der Waals surface area contributed by atoms with Crippen LogP contribution in [0.3, 0.4) is 0 Å². The van der Waals surface area contributed by atoms with Gasteiger partial charge in [-0.1, -0.05) is 18.2 Å². The van der Waals surface area contributed by atoms with E-state index in [1.165, 1.54) is 0 Å². The first-order chi connectivity index (χ1) is 9.56. The lowest BCUT2D eigenvalue weighted by Crippen LogP contribution is -2.39. The molecule has 1 aromatic carbocycles. The van der Waals surface area contributed by atoms with E-state index in [0.29, 0.717) is 6.04 Å². The zero-order valence-corrected chi connectivity index (χ0v) is 11.8. The Kier molecular flexibility index (Phi) is 5.31. The zero-order chi connectivity index (χ0) is 14.5. The molecule has 1 aliphatic rings. The van der Waals surface area contributed by atoms with Gasteiger partial charge in [-0.15, -0.1) is 0 Å². The highest BCUT2D eigenvalue weighted by atomic mass is 19.3. The first kappa shape index (κ1) is 15.2. The van der Waals surface area contributed by atoms with E-state index in [2.05, 4.69) is 10.1 Å². The predicted molar refractivity (Wildman–Crippen MR) is 73.1 cm³/mol. The zero-order valence-electron chi connectivity index (χ0n) is 11.8. The lowest BCUT2D eigenvalue weighted by atomic mass is 10.0. The molecular formula is C15H21F2NO2. The van der Waals surface area contributed by atoms with Crippen molar-refractivity contribution in [1.82, 2.24) is 5.32 Å². The van der Waals surface area contributed by atoms with Gasteiger partial charge in [0.2, 0.25) is 0 Å². The minimum Gasteiger partial charge on any atom is -0.434 e. The van der Waals surface area contributed by atoms with Crippen LogP contribution >= 0.6 is 0 Å². The summed E-state index contributed by atoms with van der Waals surface area (Å²) >= 11 is 0. The Balaban J connectivity index is 2.02. The SMILES string of the molecule is CC1CC(NC(C)c2ccccc2OC(F)F)CCO1. The highest BCUT2D eigenvalue weighted by molar-refractivity contribution is 5.35. The van der Waals surface area contributed by atoms with Crippen molar-refractivity contribution in [3.63, 3.8) is 0 Å². The molecule has 3 unspecified atom stereocenters. The summed E-state index contributed by atoms with van der Waals surface area (Å²) in [7, 11) is 0. The van der Waals surface area contributed by atoms with Crippen LogP contribution in [-0.2, 0) is 4.74 Å². The summed E-state index contributed by atoms with van der Waals surface area (Å²) in [4.78, 5) is 0. The third kappa shape index (κ3) is 4.15. The number of halogens is 2. The van der Waals surface area contributed by atoms with Gasteiger partial charge < -0.3 is 14.8 Å². The molecule has 0 saturated carbocycles. The maximum atomic E-state index is 12.4. The van der Waals surface area contributed by atoms with Crippen molar-refractivity contribution in [2.75, 3.05) is 6.61 Å². The van der Waals surface area contributed by atoms with Crippen molar-refractivity contribution >= 4 is 0 Å². The molecule has 1 aliphatic heterocycles. The van der Waals surface area contributed by atoms with Gasteiger partial charge in [-0.25, -0.2) is 0 Å². The Hall–Kier alpha value is -1.20. The van der Waals surface area contributed by atoms with Gasteiger partial charge in [0, 0.05) is 24.3 Å². The second kappa shape index (κ2) is 6.99. The summed E-state index contributed by atoms with van der Waals surface area (Å²) < 4.78 is 34.9. The number of rotatable bonds is 5. The number of ether oxygens (including phenoxy) is 2. The summed E-state index contributed by atoms with van der Waals surface area (Å²) in [6.45, 7) is 1.95. The molecule has 0 radical (unpaired) electrons. The first-order valence-corrected chi connectivity index (χ1v) is 6.97. The molecule has 3 atom stereocenters. The van der Waals surface area contributed by atoms with Crippen LogP contribution in [0, 0.1) is 0 Å². The van der Waals surface area contributed by atoms with Crippen LogP contribution in [-0.4, -0.2) is 25.4 Å². The molecule has 1 heterocycles. The first-order valence-electron chi connectivity index (χ1n) is 6.97. The fourth-order valence-corrected chi connectivity index (χ4v) is 2.63. The molecule has 0 aromatic heterocycles. The smallest absolute Gasteiger partial charge is 0.387 e. The standard InChI is InChI=1S/C15H21F2NO2/c1-10-9-12(7-8-19-10)18-11(2)13-5-3-4-6-14(13)20-15(16)17/h3-6,10-12,15,18H,7-9H2,1-2H3. The molecule has 112 valence electrons. The van der Waals surface area contributed by atoms with Crippen LogP contribution in [0.5, 0.6) is 5.75 Å². The largest absolute Gasteiger partial charge is 0.434 e. The van der Waals surface area contributed by atoms with E-state index in [1.807, 2.05) is 26.0 Å². The van der Waals surface area contributed by atoms with Gasteiger partial charge >= 0.3 is 6.61 Å². The van der Waals surface area contributed by atoms with Gasteiger partial charge in [0.25, 0.3) is 0 Å². The van der Waals surface area contributed by atoms with Crippen molar-refractivity contribution in [1.29, 1.82) is 0 Å². The van der Waals surface area contributed by atoms with E-state index in [4.69, 9.17) is 4.74 Å². The van der Waals surface area contributed by atoms with Gasteiger partial charge in [-0.2, -0.15) is 8.78 Å². The van der Waals surface area contributed by atoms with Crippen LogP contribution in [0.4, 0.5) is 8.78 Å². The highest BCUT2D eigenvalue weighted by Gasteiger charge is 2.22. The van der Waals surface area contributed by atoms with E-state index >= 15 is 0 Å². The van der Waals surface area contributed by atoms with Crippen molar-refractivity contribution in [2.45, 2.75) is 51.5 Å². The molecule has 0 aliphatic carbocycles. The highest BCUT2D eigenvalue weighted by Crippen LogP contribution is 2.27. The van der Waals surface area contributed by atoms with E-state index in [9.17, 15) is 8.78 Å². The molecule has 2 rings (SSSR count). The number of benzene rings is 1. The summed E-state index contributed by atoms with van der Waals surface area (Å²) in [5, 5.41) is 3.47. The van der Waals surface area contributed by atoms with Crippen LogP contribution in [0.15, 0.2) is 24.3 Å². The summed E-state index contributed by atoms with van der Waals surface area (Å²) in [5.74, 6) is 0.239.